The van der Waals surface area contributed by atoms with Crippen molar-refractivity contribution < 1.29 is 4.79 Å². The number of benzene rings is 1. The summed E-state index contributed by atoms with van der Waals surface area (Å²) < 4.78 is 0. The van der Waals surface area contributed by atoms with Gasteiger partial charge in [0.1, 0.15) is 5.69 Å². The summed E-state index contributed by atoms with van der Waals surface area (Å²) in [6, 6.07) is 6.30. The van der Waals surface area contributed by atoms with Crippen LogP contribution >= 0.6 is 0 Å². The zero-order valence-corrected chi connectivity index (χ0v) is 13.2. The SMILES string of the molecule is CCCN(CC1CC1)C(=O)c1cc2c(C)cc(C)cc2[nH]1. The van der Waals surface area contributed by atoms with Crippen LogP contribution in [0.5, 0.6) is 0 Å². The molecule has 0 saturated heterocycles. The van der Waals surface area contributed by atoms with E-state index in [-0.39, 0.29) is 5.91 Å². The number of fused-ring (bicyclic) bond motifs is 1. The highest BCUT2D eigenvalue weighted by molar-refractivity contribution is 5.99. The Morgan fingerprint density at radius 2 is 2.05 bits per heavy atom. The fourth-order valence-corrected chi connectivity index (χ4v) is 3.04. The van der Waals surface area contributed by atoms with E-state index in [1.165, 1.54) is 24.0 Å². The second kappa shape index (κ2) is 5.55. The molecular formula is C18H24N2O. The molecule has 1 saturated carbocycles. The predicted molar refractivity (Wildman–Crippen MR) is 86.7 cm³/mol. The van der Waals surface area contributed by atoms with Gasteiger partial charge in [-0.3, -0.25) is 4.79 Å². The zero-order valence-electron chi connectivity index (χ0n) is 13.2. The number of carbonyl (C=O) groups is 1. The lowest BCUT2D eigenvalue weighted by Crippen LogP contribution is -2.33. The van der Waals surface area contributed by atoms with Crippen LogP contribution in [0.1, 0.15) is 47.8 Å². The fourth-order valence-electron chi connectivity index (χ4n) is 3.04. The summed E-state index contributed by atoms with van der Waals surface area (Å²) in [6.45, 7) is 8.09. The number of aryl methyl sites for hydroxylation is 2. The van der Waals surface area contributed by atoms with Gasteiger partial charge in [0.2, 0.25) is 0 Å². The molecule has 0 spiro atoms. The van der Waals surface area contributed by atoms with Crippen molar-refractivity contribution in [2.45, 2.75) is 40.0 Å². The standard InChI is InChI=1S/C18H24N2O/c1-4-7-20(11-14-5-6-14)18(21)17-10-15-13(3)8-12(2)9-16(15)19-17/h8-10,14,19H,4-7,11H2,1-3H3. The van der Waals surface area contributed by atoms with Crippen LogP contribution in [0.15, 0.2) is 18.2 Å². The van der Waals surface area contributed by atoms with E-state index in [1.54, 1.807) is 0 Å². The number of hydrogen-bond donors (Lipinski definition) is 1. The van der Waals surface area contributed by atoms with Crippen LogP contribution in [-0.4, -0.2) is 28.9 Å². The van der Waals surface area contributed by atoms with Crippen LogP contribution in [0, 0.1) is 19.8 Å². The maximum Gasteiger partial charge on any atom is 0.270 e. The van der Waals surface area contributed by atoms with E-state index in [9.17, 15) is 4.79 Å². The quantitative estimate of drug-likeness (QED) is 0.883. The summed E-state index contributed by atoms with van der Waals surface area (Å²) in [7, 11) is 0. The first kappa shape index (κ1) is 14.2. The van der Waals surface area contributed by atoms with Crippen molar-refractivity contribution in [3.05, 3.63) is 35.0 Å². The minimum Gasteiger partial charge on any atom is -0.351 e. The van der Waals surface area contributed by atoms with Crippen molar-refractivity contribution in [2.24, 2.45) is 5.92 Å². The Morgan fingerprint density at radius 1 is 1.29 bits per heavy atom. The molecule has 1 aliphatic carbocycles. The van der Waals surface area contributed by atoms with Gasteiger partial charge in [0.25, 0.3) is 5.91 Å². The Hall–Kier alpha value is -1.77. The fraction of sp³-hybridized carbons (Fsp3) is 0.500. The average Bonchev–Trinajstić information content (AvgIpc) is 3.14. The number of nitrogens with zero attached hydrogens (tertiary/aromatic N) is 1. The maximum absolute atomic E-state index is 12.8. The smallest absolute Gasteiger partial charge is 0.270 e. The summed E-state index contributed by atoms with van der Waals surface area (Å²) >= 11 is 0. The van der Waals surface area contributed by atoms with Gasteiger partial charge in [-0.15, -0.1) is 0 Å². The molecule has 3 heteroatoms. The molecule has 3 rings (SSSR count). The Morgan fingerprint density at radius 3 is 2.71 bits per heavy atom. The third-order valence-corrected chi connectivity index (χ3v) is 4.28. The molecule has 0 bridgehead atoms. The molecule has 21 heavy (non-hydrogen) atoms. The van der Waals surface area contributed by atoms with Crippen molar-refractivity contribution in [2.75, 3.05) is 13.1 Å². The normalized spacial score (nSPS) is 14.6. The molecule has 1 heterocycles. The molecule has 0 aliphatic heterocycles. The van der Waals surface area contributed by atoms with Crippen LogP contribution in [0.4, 0.5) is 0 Å². The van der Waals surface area contributed by atoms with Gasteiger partial charge in [0.15, 0.2) is 0 Å². The molecular weight excluding hydrogens is 260 g/mol. The summed E-state index contributed by atoms with van der Waals surface area (Å²) in [5.74, 6) is 0.880. The van der Waals surface area contributed by atoms with Crippen molar-refractivity contribution in [3.8, 4) is 0 Å². The van der Waals surface area contributed by atoms with Gasteiger partial charge in [0.05, 0.1) is 0 Å². The number of aromatic nitrogens is 1. The van der Waals surface area contributed by atoms with Crippen molar-refractivity contribution in [1.82, 2.24) is 9.88 Å². The Labute approximate surface area is 126 Å². The van der Waals surface area contributed by atoms with Crippen molar-refractivity contribution >= 4 is 16.8 Å². The van der Waals surface area contributed by atoms with Gasteiger partial charge >= 0.3 is 0 Å². The van der Waals surface area contributed by atoms with E-state index in [1.807, 2.05) is 11.0 Å². The first-order valence-corrected chi connectivity index (χ1v) is 7.97. The molecule has 1 fully saturated rings. The Kier molecular flexibility index (Phi) is 3.75. The van der Waals surface area contributed by atoms with Gasteiger partial charge in [-0.25, -0.2) is 0 Å². The zero-order chi connectivity index (χ0) is 15.0. The predicted octanol–water partition coefficient (Wildman–Crippen LogP) is 4.05. The average molecular weight is 284 g/mol. The summed E-state index contributed by atoms with van der Waals surface area (Å²) in [5.41, 5.74) is 4.25. The first-order valence-electron chi connectivity index (χ1n) is 7.97. The lowest BCUT2D eigenvalue weighted by atomic mass is 10.1. The van der Waals surface area contributed by atoms with Gasteiger partial charge in [0, 0.05) is 24.0 Å². The van der Waals surface area contributed by atoms with E-state index >= 15 is 0 Å². The molecule has 1 aromatic heterocycles. The van der Waals surface area contributed by atoms with Crippen LogP contribution in [0.3, 0.4) is 0 Å². The van der Waals surface area contributed by atoms with E-state index in [4.69, 9.17) is 0 Å². The third kappa shape index (κ3) is 2.97. The number of hydrogen-bond acceptors (Lipinski definition) is 1. The molecule has 1 amide bonds. The number of amides is 1. The van der Waals surface area contributed by atoms with E-state index in [0.29, 0.717) is 0 Å². The number of H-pyrrole nitrogens is 1. The second-order valence-corrected chi connectivity index (χ2v) is 6.42. The molecule has 0 unspecified atom stereocenters. The van der Waals surface area contributed by atoms with Crippen LogP contribution in [0.2, 0.25) is 0 Å². The number of rotatable bonds is 5. The van der Waals surface area contributed by atoms with Crippen molar-refractivity contribution in [1.29, 1.82) is 0 Å². The number of nitrogens with one attached hydrogen (secondary N) is 1. The van der Waals surface area contributed by atoms with E-state index < -0.39 is 0 Å². The summed E-state index contributed by atoms with van der Waals surface area (Å²) in [4.78, 5) is 18.1. The Balaban J connectivity index is 1.90. The van der Waals surface area contributed by atoms with Crippen LogP contribution in [0.25, 0.3) is 10.9 Å². The summed E-state index contributed by atoms with van der Waals surface area (Å²) in [6.07, 6.45) is 3.56. The third-order valence-electron chi connectivity index (χ3n) is 4.28. The molecule has 1 N–H and O–H groups in total. The van der Waals surface area contributed by atoms with Gasteiger partial charge in [-0.2, -0.15) is 0 Å². The summed E-state index contributed by atoms with van der Waals surface area (Å²) in [5, 5.41) is 1.16. The molecule has 0 atom stereocenters. The minimum absolute atomic E-state index is 0.150. The highest BCUT2D eigenvalue weighted by Gasteiger charge is 2.27. The van der Waals surface area contributed by atoms with Gasteiger partial charge < -0.3 is 9.88 Å². The molecule has 2 aromatic rings. The molecule has 0 radical (unpaired) electrons. The Bertz CT molecular complexity index is 667. The minimum atomic E-state index is 0.150. The highest BCUT2D eigenvalue weighted by Crippen LogP contribution is 2.30. The van der Waals surface area contributed by atoms with Crippen LogP contribution in [-0.2, 0) is 0 Å². The van der Waals surface area contributed by atoms with Crippen molar-refractivity contribution in [3.63, 3.8) is 0 Å². The molecule has 3 nitrogen and oxygen atoms in total. The number of carbonyl (C=O) groups excluding carboxylic acids is 1. The topological polar surface area (TPSA) is 36.1 Å². The second-order valence-electron chi connectivity index (χ2n) is 6.42. The maximum atomic E-state index is 12.8. The molecule has 112 valence electrons. The van der Waals surface area contributed by atoms with Gasteiger partial charge in [-0.05, 0) is 62.3 Å². The lowest BCUT2D eigenvalue weighted by Gasteiger charge is -2.21. The number of aromatic amines is 1. The molecule has 1 aromatic carbocycles. The van der Waals surface area contributed by atoms with Crippen LogP contribution < -0.4 is 0 Å². The lowest BCUT2D eigenvalue weighted by molar-refractivity contribution is 0.0743. The monoisotopic (exact) mass is 284 g/mol. The first-order chi connectivity index (χ1) is 10.1. The largest absolute Gasteiger partial charge is 0.351 e. The molecule has 1 aliphatic rings. The van der Waals surface area contributed by atoms with Gasteiger partial charge in [-0.1, -0.05) is 13.0 Å². The highest BCUT2D eigenvalue weighted by atomic mass is 16.2. The van der Waals surface area contributed by atoms with E-state index in [2.05, 4.69) is 37.9 Å². The van der Waals surface area contributed by atoms with E-state index in [0.717, 1.165) is 42.0 Å².